The maximum Gasteiger partial charge on any atom is 0.243 e. The van der Waals surface area contributed by atoms with Crippen molar-refractivity contribution >= 4 is 25.7 Å². The monoisotopic (exact) mass is 387 g/mol. The molecule has 2 heterocycles. The Hall–Kier alpha value is -1.16. The van der Waals surface area contributed by atoms with E-state index in [4.69, 9.17) is 0 Å². The molecule has 7 nitrogen and oxygen atoms in total. The summed E-state index contributed by atoms with van der Waals surface area (Å²) in [4.78, 5) is 0.205. The van der Waals surface area contributed by atoms with Gasteiger partial charge in [-0.3, -0.25) is 4.72 Å². The molecule has 2 atom stereocenters. The number of hydrogen-bond acceptors (Lipinski definition) is 5. The van der Waals surface area contributed by atoms with Gasteiger partial charge in [0.1, 0.15) is 0 Å². The lowest BCUT2D eigenvalue weighted by atomic mass is 10.0. The van der Waals surface area contributed by atoms with E-state index in [1.807, 2.05) is 6.92 Å². The number of benzene rings is 1. The average Bonchev–Trinajstić information content (AvgIpc) is 3.15. The first kappa shape index (κ1) is 18.6. The van der Waals surface area contributed by atoms with Gasteiger partial charge in [-0.15, -0.1) is 0 Å². The van der Waals surface area contributed by atoms with Gasteiger partial charge in [0.15, 0.2) is 0 Å². The molecule has 2 N–H and O–H groups in total. The summed E-state index contributed by atoms with van der Waals surface area (Å²) >= 11 is 0. The first-order chi connectivity index (χ1) is 11.8. The van der Waals surface area contributed by atoms with E-state index in [2.05, 4.69) is 10.0 Å². The molecule has 140 valence electrons. The Bertz CT molecular complexity index is 794. The minimum Gasteiger partial charge on any atom is -0.316 e. The molecule has 0 amide bonds. The zero-order chi connectivity index (χ0) is 18.1. The number of nitrogens with one attached hydrogen (secondary N) is 2. The maximum absolute atomic E-state index is 12.8. The van der Waals surface area contributed by atoms with Crippen LogP contribution >= 0.6 is 0 Å². The minimum absolute atomic E-state index is 0.0636. The fourth-order valence-corrected chi connectivity index (χ4v) is 6.24. The Balaban J connectivity index is 1.69. The van der Waals surface area contributed by atoms with E-state index < -0.39 is 20.0 Å². The van der Waals surface area contributed by atoms with Crippen molar-refractivity contribution in [3.8, 4) is 0 Å². The summed E-state index contributed by atoms with van der Waals surface area (Å²) in [6.07, 6.45) is 1.39. The van der Waals surface area contributed by atoms with Gasteiger partial charge in [0, 0.05) is 18.8 Å². The van der Waals surface area contributed by atoms with Gasteiger partial charge in [-0.05, 0) is 55.6 Å². The highest BCUT2D eigenvalue weighted by atomic mass is 32.2. The lowest BCUT2D eigenvalue weighted by Crippen LogP contribution is -2.31. The van der Waals surface area contributed by atoms with E-state index in [1.54, 1.807) is 4.31 Å². The Labute approximate surface area is 149 Å². The Morgan fingerprint density at radius 2 is 1.68 bits per heavy atom. The van der Waals surface area contributed by atoms with Crippen molar-refractivity contribution in [1.82, 2.24) is 9.62 Å². The van der Waals surface area contributed by atoms with Gasteiger partial charge < -0.3 is 5.32 Å². The average molecular weight is 388 g/mol. The Kier molecular flexibility index (Phi) is 5.38. The molecule has 0 spiro atoms. The Morgan fingerprint density at radius 1 is 1.08 bits per heavy atom. The van der Waals surface area contributed by atoms with Gasteiger partial charge in [-0.2, -0.15) is 4.31 Å². The third kappa shape index (κ3) is 4.16. The van der Waals surface area contributed by atoms with E-state index in [-0.39, 0.29) is 10.6 Å². The van der Waals surface area contributed by atoms with Crippen molar-refractivity contribution in [2.24, 2.45) is 11.8 Å². The molecule has 0 radical (unpaired) electrons. The molecule has 1 aromatic carbocycles. The lowest BCUT2D eigenvalue weighted by Gasteiger charge is -2.17. The van der Waals surface area contributed by atoms with Gasteiger partial charge >= 0.3 is 0 Å². The molecule has 0 unspecified atom stereocenters. The third-order valence-electron chi connectivity index (χ3n) is 4.89. The molecule has 2 fully saturated rings. The second-order valence-corrected chi connectivity index (χ2v) is 10.6. The van der Waals surface area contributed by atoms with E-state index in [0.29, 0.717) is 37.0 Å². The highest BCUT2D eigenvalue weighted by molar-refractivity contribution is 7.92. The van der Waals surface area contributed by atoms with Gasteiger partial charge in [-0.1, -0.05) is 13.3 Å². The Morgan fingerprint density at radius 3 is 2.24 bits per heavy atom. The predicted molar refractivity (Wildman–Crippen MR) is 97.4 cm³/mol. The van der Waals surface area contributed by atoms with Gasteiger partial charge in [-0.25, -0.2) is 16.8 Å². The molecule has 2 saturated heterocycles. The lowest BCUT2D eigenvalue weighted by molar-refractivity contribution is 0.448. The summed E-state index contributed by atoms with van der Waals surface area (Å²) in [6.45, 7) is 4.76. The van der Waals surface area contributed by atoms with Crippen molar-refractivity contribution in [3.63, 3.8) is 0 Å². The first-order valence-electron chi connectivity index (χ1n) is 8.63. The highest BCUT2D eigenvalue weighted by Gasteiger charge is 2.41. The molecule has 1 aromatic rings. The molecule has 0 saturated carbocycles. The number of sulfonamides is 2. The standard InChI is InChI=1S/C16H25N3O4S2/c1-2-3-8-24(20,21)18-15-4-6-16(7-5-15)25(22,23)19-11-13-9-17-10-14(13)12-19/h4-7,13-14,17-18H,2-3,8-12H2,1H3/t13-,14+. The molecule has 9 heteroatoms. The minimum atomic E-state index is -3.53. The van der Waals surface area contributed by atoms with Crippen LogP contribution in [0.4, 0.5) is 5.69 Å². The van der Waals surface area contributed by atoms with Gasteiger partial charge in [0.05, 0.1) is 10.6 Å². The maximum atomic E-state index is 12.8. The number of nitrogens with zero attached hydrogens (tertiary/aromatic N) is 1. The van der Waals surface area contributed by atoms with Gasteiger partial charge in [0.25, 0.3) is 0 Å². The molecule has 2 aliphatic heterocycles. The van der Waals surface area contributed by atoms with Crippen LogP contribution in [0.2, 0.25) is 0 Å². The van der Waals surface area contributed by atoms with E-state index in [0.717, 1.165) is 19.5 Å². The molecular weight excluding hydrogens is 362 g/mol. The highest BCUT2D eigenvalue weighted by Crippen LogP contribution is 2.31. The molecular formula is C16H25N3O4S2. The predicted octanol–water partition coefficient (Wildman–Crippen LogP) is 1.07. The summed E-state index contributed by atoms with van der Waals surface area (Å²) in [7, 11) is -6.91. The zero-order valence-electron chi connectivity index (χ0n) is 14.3. The van der Waals surface area contributed by atoms with Crippen LogP contribution in [0.3, 0.4) is 0 Å². The SMILES string of the molecule is CCCCS(=O)(=O)Nc1ccc(S(=O)(=O)N2C[C@H]3CNC[C@H]3C2)cc1. The number of fused-ring (bicyclic) bond motifs is 1. The molecule has 3 rings (SSSR count). The van der Waals surface area contributed by atoms with Crippen molar-refractivity contribution in [3.05, 3.63) is 24.3 Å². The summed E-state index contributed by atoms with van der Waals surface area (Å²) < 4.78 is 53.4. The second-order valence-electron chi connectivity index (χ2n) is 6.80. The summed E-state index contributed by atoms with van der Waals surface area (Å²) in [5, 5.41) is 3.29. The quantitative estimate of drug-likeness (QED) is 0.730. The van der Waals surface area contributed by atoms with Crippen LogP contribution in [0.25, 0.3) is 0 Å². The van der Waals surface area contributed by atoms with E-state index in [9.17, 15) is 16.8 Å². The van der Waals surface area contributed by atoms with Crippen LogP contribution in [0.5, 0.6) is 0 Å². The topological polar surface area (TPSA) is 95.6 Å². The fraction of sp³-hybridized carbons (Fsp3) is 0.625. The zero-order valence-corrected chi connectivity index (χ0v) is 15.9. The second kappa shape index (κ2) is 7.22. The van der Waals surface area contributed by atoms with Crippen molar-refractivity contribution < 1.29 is 16.8 Å². The van der Waals surface area contributed by atoms with Crippen LogP contribution in [0.15, 0.2) is 29.2 Å². The largest absolute Gasteiger partial charge is 0.316 e. The first-order valence-corrected chi connectivity index (χ1v) is 11.7. The molecule has 0 aliphatic carbocycles. The van der Waals surface area contributed by atoms with E-state index >= 15 is 0 Å². The fourth-order valence-electron chi connectivity index (χ4n) is 3.42. The molecule has 25 heavy (non-hydrogen) atoms. The van der Waals surface area contributed by atoms with Crippen LogP contribution in [-0.2, 0) is 20.0 Å². The smallest absolute Gasteiger partial charge is 0.243 e. The third-order valence-corrected chi connectivity index (χ3v) is 8.11. The number of hydrogen-bond donors (Lipinski definition) is 2. The number of unbranched alkanes of at least 4 members (excludes halogenated alkanes) is 1. The molecule has 2 aliphatic rings. The normalized spacial score (nSPS) is 24.4. The molecule has 0 bridgehead atoms. The number of anilines is 1. The van der Waals surface area contributed by atoms with Crippen molar-refractivity contribution in [2.75, 3.05) is 36.7 Å². The summed E-state index contributed by atoms with van der Waals surface area (Å²) in [5.41, 5.74) is 0.387. The van der Waals surface area contributed by atoms with Crippen molar-refractivity contribution in [2.45, 2.75) is 24.7 Å². The van der Waals surface area contributed by atoms with E-state index in [1.165, 1.54) is 24.3 Å². The van der Waals surface area contributed by atoms with Crippen LogP contribution in [0.1, 0.15) is 19.8 Å². The van der Waals surface area contributed by atoms with Crippen LogP contribution in [0, 0.1) is 11.8 Å². The number of rotatable bonds is 7. The summed E-state index contributed by atoms with van der Waals surface area (Å²) in [5.74, 6) is 0.840. The van der Waals surface area contributed by atoms with Crippen LogP contribution in [-0.4, -0.2) is 53.1 Å². The molecule has 0 aromatic heterocycles. The van der Waals surface area contributed by atoms with Crippen molar-refractivity contribution in [1.29, 1.82) is 0 Å². The van der Waals surface area contributed by atoms with Crippen LogP contribution < -0.4 is 10.0 Å². The summed E-state index contributed by atoms with van der Waals surface area (Å²) in [6, 6.07) is 5.96. The van der Waals surface area contributed by atoms with Gasteiger partial charge in [0.2, 0.25) is 20.0 Å².